The number of carbonyl (C=O) groups excluding carboxylic acids is 1. The lowest BCUT2D eigenvalue weighted by Crippen LogP contribution is -2.48. The number of ether oxygens (including phenoxy) is 1. The van der Waals surface area contributed by atoms with Crippen molar-refractivity contribution in [1.82, 2.24) is 10.6 Å². The van der Waals surface area contributed by atoms with E-state index in [0.717, 1.165) is 0 Å². The second-order valence-electron chi connectivity index (χ2n) is 3.14. The highest BCUT2D eigenvalue weighted by Crippen LogP contribution is 2.13. The first-order chi connectivity index (χ1) is 8.26. The van der Waals surface area contributed by atoms with Crippen LogP contribution in [0.5, 0.6) is 0 Å². The summed E-state index contributed by atoms with van der Waals surface area (Å²) >= 11 is 0. The van der Waals surface area contributed by atoms with E-state index in [0.29, 0.717) is 0 Å². The van der Waals surface area contributed by atoms with E-state index in [9.17, 15) is 22.8 Å². The van der Waals surface area contributed by atoms with Gasteiger partial charge in [-0.3, -0.25) is 0 Å². The molecule has 0 spiro atoms. The van der Waals surface area contributed by atoms with Crippen molar-refractivity contribution >= 4 is 12.0 Å². The number of nitrogens with one attached hydrogen (secondary N) is 2. The van der Waals surface area contributed by atoms with Crippen molar-refractivity contribution in [3.05, 3.63) is 0 Å². The molecule has 2 amide bonds. The van der Waals surface area contributed by atoms with Gasteiger partial charge in [-0.1, -0.05) is 0 Å². The number of alkyl halides is 3. The van der Waals surface area contributed by atoms with E-state index in [1.54, 1.807) is 0 Å². The number of amides is 2. The molecule has 10 heteroatoms. The Bertz CT molecular complexity index is 284. The Morgan fingerprint density at radius 3 is 2.39 bits per heavy atom. The molecular weight excluding hydrogens is 261 g/mol. The molecule has 0 aromatic rings. The number of carboxylic acid groups (broad SMARTS) is 1. The predicted octanol–water partition coefficient (Wildman–Crippen LogP) is -0.690. The molecule has 0 aromatic heterocycles. The van der Waals surface area contributed by atoms with Crippen molar-refractivity contribution in [2.75, 3.05) is 26.4 Å². The zero-order chi connectivity index (χ0) is 14.2. The van der Waals surface area contributed by atoms with Crippen LogP contribution in [-0.2, 0) is 9.53 Å². The molecule has 0 aliphatic carbocycles. The standard InChI is InChI=1S/C8H13F3N2O5/c9-8(10,11)4-18-2-1-12-7(17)13-5(3-14)6(15)16/h5,14H,1-4H2,(H,15,16)(H2,12,13,17). The third kappa shape index (κ3) is 8.58. The second kappa shape index (κ2) is 7.71. The topological polar surface area (TPSA) is 108 Å². The van der Waals surface area contributed by atoms with E-state index in [2.05, 4.69) is 10.1 Å². The average Bonchev–Trinajstić information content (AvgIpc) is 2.23. The minimum atomic E-state index is -4.44. The molecule has 106 valence electrons. The Hall–Kier alpha value is -1.55. The quantitative estimate of drug-likeness (QED) is 0.460. The normalized spacial score (nSPS) is 12.9. The monoisotopic (exact) mass is 274 g/mol. The van der Waals surface area contributed by atoms with Crippen LogP contribution in [0, 0.1) is 0 Å². The summed E-state index contributed by atoms with van der Waals surface area (Å²) in [6.07, 6.45) is -4.44. The van der Waals surface area contributed by atoms with E-state index >= 15 is 0 Å². The summed E-state index contributed by atoms with van der Waals surface area (Å²) in [4.78, 5) is 21.4. The minimum absolute atomic E-state index is 0.223. The third-order valence-corrected chi connectivity index (χ3v) is 1.58. The molecule has 0 heterocycles. The molecule has 1 unspecified atom stereocenters. The zero-order valence-corrected chi connectivity index (χ0v) is 9.16. The van der Waals surface area contributed by atoms with Gasteiger partial charge in [0.15, 0.2) is 6.04 Å². The largest absolute Gasteiger partial charge is 0.480 e. The van der Waals surface area contributed by atoms with E-state index < -0.39 is 37.4 Å². The predicted molar refractivity (Wildman–Crippen MR) is 51.9 cm³/mol. The number of aliphatic hydroxyl groups is 1. The van der Waals surface area contributed by atoms with Crippen molar-refractivity contribution < 1.29 is 37.7 Å². The van der Waals surface area contributed by atoms with E-state index in [1.807, 2.05) is 5.32 Å². The van der Waals surface area contributed by atoms with Crippen molar-refractivity contribution in [3.63, 3.8) is 0 Å². The van der Waals surface area contributed by atoms with Gasteiger partial charge in [-0.2, -0.15) is 13.2 Å². The first-order valence-electron chi connectivity index (χ1n) is 4.79. The fourth-order valence-electron chi connectivity index (χ4n) is 0.819. The van der Waals surface area contributed by atoms with Gasteiger partial charge in [-0.15, -0.1) is 0 Å². The molecule has 18 heavy (non-hydrogen) atoms. The van der Waals surface area contributed by atoms with Gasteiger partial charge < -0.3 is 25.6 Å². The molecular formula is C8H13F3N2O5. The number of aliphatic carboxylic acids is 1. The Morgan fingerprint density at radius 1 is 1.33 bits per heavy atom. The first kappa shape index (κ1) is 16.4. The maximum absolute atomic E-state index is 11.6. The Balaban J connectivity index is 3.68. The molecule has 0 saturated heterocycles. The molecule has 0 aromatic carbocycles. The summed E-state index contributed by atoms with van der Waals surface area (Å²) in [5.41, 5.74) is 0. The minimum Gasteiger partial charge on any atom is -0.480 e. The third-order valence-electron chi connectivity index (χ3n) is 1.58. The van der Waals surface area contributed by atoms with Crippen LogP contribution >= 0.6 is 0 Å². The molecule has 0 radical (unpaired) electrons. The number of carboxylic acids is 1. The van der Waals surface area contributed by atoms with E-state index in [1.165, 1.54) is 0 Å². The van der Waals surface area contributed by atoms with E-state index in [4.69, 9.17) is 10.2 Å². The van der Waals surface area contributed by atoms with Gasteiger partial charge in [0.2, 0.25) is 0 Å². The summed E-state index contributed by atoms with van der Waals surface area (Å²) in [5, 5.41) is 21.0. The SMILES string of the molecule is O=C(NCCOCC(F)(F)F)NC(CO)C(=O)O. The van der Waals surface area contributed by atoms with Crippen LogP contribution in [-0.4, -0.2) is 60.8 Å². The molecule has 7 nitrogen and oxygen atoms in total. The van der Waals surface area contributed by atoms with Crippen LogP contribution < -0.4 is 10.6 Å². The molecule has 0 aliphatic rings. The number of rotatable bonds is 7. The van der Waals surface area contributed by atoms with Crippen LogP contribution in [0.2, 0.25) is 0 Å². The van der Waals surface area contributed by atoms with Crippen molar-refractivity contribution in [2.24, 2.45) is 0 Å². The van der Waals surface area contributed by atoms with E-state index in [-0.39, 0.29) is 13.2 Å². The smallest absolute Gasteiger partial charge is 0.411 e. The molecule has 0 rings (SSSR count). The van der Waals surface area contributed by atoms with Crippen LogP contribution in [0.15, 0.2) is 0 Å². The molecule has 4 N–H and O–H groups in total. The fraction of sp³-hybridized carbons (Fsp3) is 0.750. The summed E-state index contributed by atoms with van der Waals surface area (Å²) in [6.45, 7) is -2.82. The van der Waals surface area contributed by atoms with Crippen LogP contribution in [0.25, 0.3) is 0 Å². The Labute approximate surface area is 99.9 Å². The molecule has 0 fully saturated rings. The maximum atomic E-state index is 11.6. The van der Waals surface area contributed by atoms with Crippen LogP contribution in [0.1, 0.15) is 0 Å². The number of hydrogen-bond acceptors (Lipinski definition) is 4. The Morgan fingerprint density at radius 2 is 1.94 bits per heavy atom. The zero-order valence-electron chi connectivity index (χ0n) is 9.16. The molecule has 0 aliphatic heterocycles. The lowest BCUT2D eigenvalue weighted by Gasteiger charge is -2.13. The number of aliphatic hydroxyl groups excluding tert-OH is 1. The highest BCUT2D eigenvalue weighted by Gasteiger charge is 2.27. The lowest BCUT2D eigenvalue weighted by molar-refractivity contribution is -0.173. The summed E-state index contributed by atoms with van der Waals surface area (Å²) in [5.74, 6) is -1.43. The number of halogens is 3. The van der Waals surface area contributed by atoms with Crippen molar-refractivity contribution in [3.8, 4) is 0 Å². The highest BCUT2D eigenvalue weighted by molar-refractivity contribution is 5.82. The highest BCUT2D eigenvalue weighted by atomic mass is 19.4. The van der Waals surface area contributed by atoms with Gasteiger partial charge >= 0.3 is 18.2 Å². The lowest BCUT2D eigenvalue weighted by atomic mass is 10.3. The Kier molecular flexibility index (Phi) is 7.05. The van der Waals surface area contributed by atoms with Crippen molar-refractivity contribution in [2.45, 2.75) is 12.2 Å². The maximum Gasteiger partial charge on any atom is 0.411 e. The van der Waals surface area contributed by atoms with Crippen LogP contribution in [0.3, 0.4) is 0 Å². The molecule has 0 bridgehead atoms. The van der Waals surface area contributed by atoms with Gasteiger partial charge in [0.1, 0.15) is 6.61 Å². The fourth-order valence-corrected chi connectivity index (χ4v) is 0.819. The number of hydrogen-bond donors (Lipinski definition) is 4. The van der Waals surface area contributed by atoms with Gasteiger partial charge in [-0.05, 0) is 0 Å². The van der Waals surface area contributed by atoms with Gasteiger partial charge in [-0.25, -0.2) is 9.59 Å². The molecule has 0 saturated carbocycles. The van der Waals surface area contributed by atoms with Gasteiger partial charge in [0.25, 0.3) is 0 Å². The van der Waals surface area contributed by atoms with Crippen LogP contribution in [0.4, 0.5) is 18.0 Å². The number of carbonyl (C=O) groups is 2. The second-order valence-corrected chi connectivity index (χ2v) is 3.14. The summed E-state index contributed by atoms with van der Waals surface area (Å²) in [6, 6.07) is -2.40. The molecule has 1 atom stereocenters. The van der Waals surface area contributed by atoms with Crippen molar-refractivity contribution in [1.29, 1.82) is 0 Å². The van der Waals surface area contributed by atoms with Gasteiger partial charge in [0.05, 0.1) is 13.2 Å². The van der Waals surface area contributed by atoms with Gasteiger partial charge in [0, 0.05) is 6.54 Å². The average molecular weight is 274 g/mol. The summed E-state index contributed by atoms with van der Waals surface area (Å²) in [7, 11) is 0. The number of urea groups is 1. The first-order valence-corrected chi connectivity index (χ1v) is 4.79. The summed E-state index contributed by atoms with van der Waals surface area (Å²) < 4.78 is 39.1.